The van der Waals surface area contributed by atoms with E-state index in [0.717, 1.165) is 24.8 Å². The van der Waals surface area contributed by atoms with E-state index in [1.165, 1.54) is 29.6 Å². The number of thiophene rings is 1. The van der Waals surface area contributed by atoms with Crippen LogP contribution in [0, 0.1) is 5.92 Å². The van der Waals surface area contributed by atoms with Crippen molar-refractivity contribution in [2.75, 3.05) is 0 Å². The molecule has 1 aliphatic rings. The molecule has 0 bridgehead atoms. The monoisotopic (exact) mass is 318 g/mol. The van der Waals surface area contributed by atoms with E-state index in [1.54, 1.807) is 11.3 Å². The van der Waals surface area contributed by atoms with Gasteiger partial charge in [-0.3, -0.25) is 19.0 Å². The van der Waals surface area contributed by atoms with Crippen LogP contribution in [0.5, 0.6) is 0 Å². The second-order valence-corrected chi connectivity index (χ2v) is 7.20. The van der Waals surface area contributed by atoms with Gasteiger partial charge in [0.2, 0.25) is 0 Å². The first-order valence-electron chi connectivity index (χ1n) is 7.42. The van der Waals surface area contributed by atoms with Crippen molar-refractivity contribution in [3.05, 3.63) is 27.1 Å². The second-order valence-electron chi connectivity index (χ2n) is 6.11. The predicted molar refractivity (Wildman–Crippen MR) is 85.5 cm³/mol. The third-order valence-corrected chi connectivity index (χ3v) is 5.45. The molecule has 0 aliphatic heterocycles. The molecule has 1 atom stereocenters. The highest BCUT2D eigenvalue weighted by molar-refractivity contribution is 7.18. The topological polar surface area (TPSA) is 69.0 Å². The summed E-state index contributed by atoms with van der Waals surface area (Å²) < 4.78 is 1.19. The van der Waals surface area contributed by atoms with Crippen molar-refractivity contribution in [3.63, 3.8) is 0 Å². The standard InChI is InChI=1S/C16H18N2O3S/c1-8-4-5-11-12(6-8)22-15-13(11)16(21)18(7-17-15)14(9(2)19)10(3)20/h7-8,14H,4-6H2,1-3H3/t8-/m0/s1. The molecule has 6 heteroatoms. The Labute approximate surface area is 132 Å². The van der Waals surface area contributed by atoms with Gasteiger partial charge in [0.25, 0.3) is 5.56 Å². The minimum Gasteiger partial charge on any atom is -0.297 e. The third-order valence-electron chi connectivity index (χ3n) is 4.29. The SMILES string of the molecule is CC(=O)C(C(C)=O)n1cnc2sc3c(c2c1=O)CC[C@H](C)C3. The fourth-order valence-corrected chi connectivity index (χ4v) is 4.55. The molecule has 0 saturated heterocycles. The average Bonchev–Trinajstić information content (AvgIpc) is 2.78. The van der Waals surface area contributed by atoms with Crippen molar-refractivity contribution in [2.24, 2.45) is 5.92 Å². The van der Waals surface area contributed by atoms with E-state index < -0.39 is 6.04 Å². The Kier molecular flexibility index (Phi) is 3.72. The van der Waals surface area contributed by atoms with Crippen LogP contribution in [0.2, 0.25) is 0 Å². The van der Waals surface area contributed by atoms with Crippen LogP contribution in [-0.2, 0) is 22.4 Å². The van der Waals surface area contributed by atoms with Crippen molar-refractivity contribution < 1.29 is 9.59 Å². The van der Waals surface area contributed by atoms with Gasteiger partial charge in [-0.2, -0.15) is 0 Å². The van der Waals surface area contributed by atoms with Gasteiger partial charge in [0.1, 0.15) is 11.2 Å². The van der Waals surface area contributed by atoms with Crippen LogP contribution < -0.4 is 5.56 Å². The smallest absolute Gasteiger partial charge is 0.263 e. The first-order valence-corrected chi connectivity index (χ1v) is 8.24. The quantitative estimate of drug-likeness (QED) is 0.814. The number of carbonyl (C=O) groups excluding carboxylic acids is 2. The summed E-state index contributed by atoms with van der Waals surface area (Å²) in [5, 5.41) is 0.599. The molecule has 5 nitrogen and oxygen atoms in total. The lowest BCUT2D eigenvalue weighted by Crippen LogP contribution is -2.33. The number of rotatable bonds is 3. The molecule has 2 aromatic rings. The minimum absolute atomic E-state index is 0.271. The fourth-order valence-electron chi connectivity index (χ4n) is 3.21. The molecule has 3 rings (SSSR count). The summed E-state index contributed by atoms with van der Waals surface area (Å²) in [4.78, 5) is 42.6. The van der Waals surface area contributed by atoms with Crippen LogP contribution in [-0.4, -0.2) is 21.1 Å². The summed E-state index contributed by atoms with van der Waals surface area (Å²) in [6.45, 7) is 4.86. The van der Waals surface area contributed by atoms with E-state index in [1.807, 2.05) is 0 Å². The number of hydrogen-bond donors (Lipinski definition) is 0. The van der Waals surface area contributed by atoms with E-state index >= 15 is 0 Å². The van der Waals surface area contributed by atoms with E-state index in [4.69, 9.17) is 0 Å². The highest BCUT2D eigenvalue weighted by Gasteiger charge is 2.27. The molecule has 0 unspecified atom stereocenters. The van der Waals surface area contributed by atoms with Crippen LogP contribution in [0.4, 0.5) is 0 Å². The van der Waals surface area contributed by atoms with Gasteiger partial charge in [-0.05, 0) is 44.6 Å². The number of hydrogen-bond acceptors (Lipinski definition) is 5. The second kappa shape index (κ2) is 5.43. The zero-order valence-corrected chi connectivity index (χ0v) is 13.7. The number of carbonyl (C=O) groups is 2. The van der Waals surface area contributed by atoms with Crippen LogP contribution in [0.3, 0.4) is 0 Å². The molecule has 2 aromatic heterocycles. The molecule has 0 aromatic carbocycles. The van der Waals surface area contributed by atoms with E-state index in [2.05, 4.69) is 11.9 Å². The summed E-state index contributed by atoms with van der Waals surface area (Å²) in [5.41, 5.74) is 0.795. The Bertz CT molecular complexity index is 820. The molecule has 22 heavy (non-hydrogen) atoms. The van der Waals surface area contributed by atoms with Crippen LogP contribution in [0.1, 0.15) is 43.7 Å². The molecule has 116 valence electrons. The predicted octanol–water partition coefficient (Wildman–Crippen LogP) is 2.30. The van der Waals surface area contributed by atoms with Gasteiger partial charge in [-0.15, -0.1) is 11.3 Å². The van der Waals surface area contributed by atoms with Crippen molar-refractivity contribution in [1.29, 1.82) is 0 Å². The summed E-state index contributed by atoms with van der Waals surface area (Å²) in [5.74, 6) is -0.0630. The zero-order chi connectivity index (χ0) is 16.0. The Hall–Kier alpha value is -1.82. The number of fused-ring (bicyclic) bond motifs is 3. The molecule has 0 fully saturated rings. The van der Waals surface area contributed by atoms with E-state index in [0.29, 0.717) is 16.1 Å². The van der Waals surface area contributed by atoms with Crippen LogP contribution in [0.25, 0.3) is 10.2 Å². The van der Waals surface area contributed by atoms with Crippen molar-refractivity contribution in [1.82, 2.24) is 9.55 Å². The van der Waals surface area contributed by atoms with Gasteiger partial charge >= 0.3 is 0 Å². The number of nitrogens with zero attached hydrogens (tertiary/aromatic N) is 2. The van der Waals surface area contributed by atoms with Crippen molar-refractivity contribution in [3.8, 4) is 0 Å². The maximum Gasteiger partial charge on any atom is 0.263 e. The van der Waals surface area contributed by atoms with Crippen molar-refractivity contribution in [2.45, 2.75) is 46.1 Å². The first-order chi connectivity index (χ1) is 10.4. The molecule has 0 radical (unpaired) electrons. The Balaban J connectivity index is 2.24. The molecular formula is C16H18N2O3S. The van der Waals surface area contributed by atoms with E-state index in [9.17, 15) is 14.4 Å². The van der Waals surface area contributed by atoms with Gasteiger partial charge < -0.3 is 0 Å². The highest BCUT2D eigenvalue weighted by Crippen LogP contribution is 2.35. The lowest BCUT2D eigenvalue weighted by Gasteiger charge is -2.18. The minimum atomic E-state index is -1.07. The number of Topliss-reactive ketones (excluding diaryl/α,β-unsaturated/α-hetero) is 2. The average molecular weight is 318 g/mol. The van der Waals surface area contributed by atoms with Crippen molar-refractivity contribution >= 4 is 33.1 Å². The maximum atomic E-state index is 12.8. The summed E-state index contributed by atoms with van der Waals surface area (Å²) in [6.07, 6.45) is 4.22. The van der Waals surface area contributed by atoms with Gasteiger partial charge in [0.15, 0.2) is 17.6 Å². The van der Waals surface area contributed by atoms with Gasteiger partial charge in [0.05, 0.1) is 5.39 Å². The molecule has 0 saturated carbocycles. The van der Waals surface area contributed by atoms with Crippen LogP contribution >= 0.6 is 11.3 Å². The van der Waals surface area contributed by atoms with E-state index in [-0.39, 0.29) is 17.1 Å². The Morgan fingerprint density at radius 3 is 2.68 bits per heavy atom. The lowest BCUT2D eigenvalue weighted by molar-refractivity contribution is -0.129. The summed E-state index contributed by atoms with van der Waals surface area (Å²) >= 11 is 1.56. The van der Waals surface area contributed by atoms with Gasteiger partial charge in [-0.1, -0.05) is 6.92 Å². The van der Waals surface area contributed by atoms with Crippen LogP contribution in [0.15, 0.2) is 11.1 Å². The molecule has 0 amide bonds. The number of aryl methyl sites for hydroxylation is 1. The lowest BCUT2D eigenvalue weighted by atomic mass is 9.89. The van der Waals surface area contributed by atoms with Gasteiger partial charge in [0, 0.05) is 4.88 Å². The summed E-state index contributed by atoms with van der Waals surface area (Å²) in [7, 11) is 0. The molecule has 1 aliphatic carbocycles. The first kappa shape index (κ1) is 15.1. The maximum absolute atomic E-state index is 12.8. The normalized spacial score (nSPS) is 17.7. The number of ketones is 2. The molecule has 0 N–H and O–H groups in total. The van der Waals surface area contributed by atoms with Gasteiger partial charge in [-0.25, -0.2) is 4.98 Å². The fraction of sp³-hybridized carbons (Fsp3) is 0.500. The zero-order valence-electron chi connectivity index (χ0n) is 12.9. The summed E-state index contributed by atoms with van der Waals surface area (Å²) in [6, 6.07) is -1.07. The number of aromatic nitrogens is 2. The highest BCUT2D eigenvalue weighted by atomic mass is 32.1. The Morgan fingerprint density at radius 1 is 1.36 bits per heavy atom. The molecular weight excluding hydrogens is 300 g/mol. The molecule has 0 spiro atoms. The largest absolute Gasteiger partial charge is 0.297 e. The third kappa shape index (κ3) is 2.31. The molecule has 2 heterocycles. The Morgan fingerprint density at radius 2 is 2.05 bits per heavy atom.